The smallest absolute Gasteiger partial charge is 0.0671 e. The lowest BCUT2D eigenvalue weighted by atomic mass is 9.77. The topological polar surface area (TPSA) is 20.2 Å². The van der Waals surface area contributed by atoms with E-state index in [2.05, 4.69) is 41.9 Å². The van der Waals surface area contributed by atoms with E-state index < -0.39 is 6.10 Å². The molecule has 0 aliphatic carbocycles. The second-order valence-electron chi connectivity index (χ2n) is 5.43. The zero-order valence-corrected chi connectivity index (χ0v) is 12.9. The van der Waals surface area contributed by atoms with Crippen molar-refractivity contribution >= 4 is 15.9 Å². The van der Waals surface area contributed by atoms with Gasteiger partial charge in [0.1, 0.15) is 0 Å². The van der Waals surface area contributed by atoms with Crippen LogP contribution in [0.15, 0.2) is 59.1 Å². The molecule has 0 aliphatic rings. The van der Waals surface area contributed by atoms with E-state index in [4.69, 9.17) is 0 Å². The van der Waals surface area contributed by atoms with Crippen molar-refractivity contribution in [2.24, 2.45) is 0 Å². The monoisotopic (exact) mass is 318 g/mol. The number of hydrogen-bond donors (Lipinski definition) is 1. The van der Waals surface area contributed by atoms with E-state index in [9.17, 15) is 5.11 Å². The Morgan fingerprint density at radius 2 is 1.58 bits per heavy atom. The normalized spacial score (nSPS) is 13.3. The lowest BCUT2D eigenvalue weighted by Gasteiger charge is -2.31. The SMILES string of the molecule is CC(C)(c1ccccc1)C(O)Cc1ccc(Br)cc1. The molecule has 0 heterocycles. The molecule has 2 aromatic rings. The Hall–Kier alpha value is -1.12. The fourth-order valence-corrected chi connectivity index (χ4v) is 2.42. The van der Waals surface area contributed by atoms with Gasteiger partial charge in [-0.3, -0.25) is 0 Å². The molecule has 1 nitrogen and oxygen atoms in total. The van der Waals surface area contributed by atoms with Gasteiger partial charge in [-0.05, 0) is 29.7 Å². The van der Waals surface area contributed by atoms with Gasteiger partial charge in [-0.1, -0.05) is 72.2 Å². The molecule has 0 fully saturated rings. The highest BCUT2D eigenvalue weighted by molar-refractivity contribution is 9.10. The largest absolute Gasteiger partial charge is 0.392 e. The summed E-state index contributed by atoms with van der Waals surface area (Å²) in [5, 5.41) is 10.5. The van der Waals surface area contributed by atoms with Crippen LogP contribution in [-0.4, -0.2) is 11.2 Å². The summed E-state index contributed by atoms with van der Waals surface area (Å²) in [6.45, 7) is 4.18. The maximum Gasteiger partial charge on any atom is 0.0671 e. The van der Waals surface area contributed by atoms with E-state index in [1.54, 1.807) is 0 Å². The third-order valence-corrected chi connectivity index (χ3v) is 4.22. The minimum absolute atomic E-state index is 0.256. The lowest BCUT2D eigenvalue weighted by molar-refractivity contribution is 0.1000. The average Bonchev–Trinajstić information content (AvgIpc) is 2.42. The highest BCUT2D eigenvalue weighted by atomic mass is 79.9. The van der Waals surface area contributed by atoms with Crippen LogP contribution in [-0.2, 0) is 11.8 Å². The maximum absolute atomic E-state index is 10.5. The number of hydrogen-bond acceptors (Lipinski definition) is 1. The van der Waals surface area contributed by atoms with Crippen LogP contribution in [0.2, 0.25) is 0 Å². The Labute approximate surface area is 123 Å². The van der Waals surface area contributed by atoms with Crippen molar-refractivity contribution in [1.29, 1.82) is 0 Å². The minimum Gasteiger partial charge on any atom is -0.392 e. The molecular weight excluding hydrogens is 300 g/mol. The Kier molecular flexibility index (Phi) is 4.43. The van der Waals surface area contributed by atoms with Gasteiger partial charge in [0.05, 0.1) is 6.10 Å². The van der Waals surface area contributed by atoms with Crippen molar-refractivity contribution in [2.45, 2.75) is 31.8 Å². The molecule has 2 aromatic carbocycles. The average molecular weight is 319 g/mol. The molecule has 0 aromatic heterocycles. The molecule has 1 atom stereocenters. The second-order valence-corrected chi connectivity index (χ2v) is 6.35. The summed E-state index contributed by atoms with van der Waals surface area (Å²) in [5.74, 6) is 0. The van der Waals surface area contributed by atoms with Crippen molar-refractivity contribution in [3.63, 3.8) is 0 Å². The van der Waals surface area contributed by atoms with Gasteiger partial charge >= 0.3 is 0 Å². The van der Waals surface area contributed by atoms with Crippen LogP contribution in [0.1, 0.15) is 25.0 Å². The molecule has 0 amide bonds. The highest BCUT2D eigenvalue weighted by Crippen LogP contribution is 2.29. The van der Waals surface area contributed by atoms with Crippen molar-refractivity contribution < 1.29 is 5.11 Å². The minimum atomic E-state index is -0.406. The third-order valence-electron chi connectivity index (χ3n) is 3.69. The zero-order valence-electron chi connectivity index (χ0n) is 11.3. The Morgan fingerprint density at radius 3 is 2.16 bits per heavy atom. The summed E-state index contributed by atoms with van der Waals surface area (Å²) in [4.78, 5) is 0. The molecule has 2 rings (SSSR count). The molecule has 0 radical (unpaired) electrons. The van der Waals surface area contributed by atoms with Crippen LogP contribution in [0.3, 0.4) is 0 Å². The van der Waals surface area contributed by atoms with Gasteiger partial charge in [0.15, 0.2) is 0 Å². The molecule has 0 aliphatic heterocycles. The lowest BCUT2D eigenvalue weighted by Crippen LogP contribution is -2.35. The van der Waals surface area contributed by atoms with Gasteiger partial charge in [0.25, 0.3) is 0 Å². The molecular formula is C17H19BrO. The number of aliphatic hydroxyl groups excluding tert-OH is 1. The molecule has 0 saturated carbocycles. The number of aliphatic hydroxyl groups is 1. The Balaban J connectivity index is 2.15. The van der Waals surface area contributed by atoms with Crippen molar-refractivity contribution in [3.8, 4) is 0 Å². The maximum atomic E-state index is 10.5. The molecule has 1 N–H and O–H groups in total. The Bertz CT molecular complexity index is 517. The fraction of sp³-hybridized carbons (Fsp3) is 0.294. The summed E-state index contributed by atoms with van der Waals surface area (Å²) in [6.07, 6.45) is 0.255. The van der Waals surface area contributed by atoms with Crippen LogP contribution in [0.4, 0.5) is 0 Å². The standard InChI is InChI=1S/C17H19BrO/c1-17(2,14-6-4-3-5-7-14)16(19)12-13-8-10-15(18)11-9-13/h3-11,16,19H,12H2,1-2H3. The summed E-state index contributed by atoms with van der Waals surface area (Å²) in [7, 11) is 0. The second kappa shape index (κ2) is 5.89. The van der Waals surface area contributed by atoms with Crippen molar-refractivity contribution in [1.82, 2.24) is 0 Å². The third kappa shape index (κ3) is 3.46. The summed E-state index contributed by atoms with van der Waals surface area (Å²) < 4.78 is 1.06. The number of benzene rings is 2. The van der Waals surface area contributed by atoms with Gasteiger partial charge in [0.2, 0.25) is 0 Å². The van der Waals surface area contributed by atoms with E-state index in [0.29, 0.717) is 6.42 Å². The van der Waals surface area contributed by atoms with Crippen molar-refractivity contribution in [3.05, 3.63) is 70.2 Å². The van der Waals surface area contributed by atoms with E-state index in [1.165, 1.54) is 5.56 Å². The van der Waals surface area contributed by atoms with E-state index >= 15 is 0 Å². The van der Waals surface area contributed by atoms with Gasteiger partial charge in [-0.2, -0.15) is 0 Å². The first-order chi connectivity index (χ1) is 9.00. The van der Waals surface area contributed by atoms with Crippen LogP contribution >= 0.6 is 15.9 Å². The van der Waals surface area contributed by atoms with E-state index in [0.717, 1.165) is 10.0 Å². The van der Waals surface area contributed by atoms with Crippen molar-refractivity contribution in [2.75, 3.05) is 0 Å². The number of halogens is 1. The predicted octanol–water partition coefficient (Wildman–Crippen LogP) is 4.33. The zero-order chi connectivity index (χ0) is 13.9. The molecule has 0 saturated heterocycles. The first-order valence-corrected chi connectivity index (χ1v) is 7.27. The van der Waals surface area contributed by atoms with Crippen LogP contribution in [0.5, 0.6) is 0 Å². The quantitative estimate of drug-likeness (QED) is 0.889. The highest BCUT2D eigenvalue weighted by Gasteiger charge is 2.29. The predicted molar refractivity (Wildman–Crippen MR) is 83.3 cm³/mol. The number of rotatable bonds is 4. The molecule has 0 spiro atoms. The first kappa shape index (κ1) is 14.3. The summed E-state index contributed by atoms with van der Waals surface area (Å²) >= 11 is 3.43. The fourth-order valence-electron chi connectivity index (χ4n) is 2.16. The van der Waals surface area contributed by atoms with Crippen LogP contribution in [0, 0.1) is 0 Å². The first-order valence-electron chi connectivity index (χ1n) is 6.48. The van der Waals surface area contributed by atoms with Crippen LogP contribution < -0.4 is 0 Å². The molecule has 19 heavy (non-hydrogen) atoms. The van der Waals surface area contributed by atoms with Gasteiger partial charge in [-0.25, -0.2) is 0 Å². The molecule has 2 heteroatoms. The van der Waals surface area contributed by atoms with Gasteiger partial charge < -0.3 is 5.11 Å². The molecule has 0 bridgehead atoms. The van der Waals surface area contributed by atoms with E-state index in [-0.39, 0.29) is 5.41 Å². The summed E-state index contributed by atoms with van der Waals surface area (Å²) in [5.41, 5.74) is 2.06. The Morgan fingerprint density at radius 1 is 1.00 bits per heavy atom. The van der Waals surface area contributed by atoms with Crippen LogP contribution in [0.25, 0.3) is 0 Å². The molecule has 1 unspecified atom stereocenters. The van der Waals surface area contributed by atoms with Gasteiger partial charge in [-0.15, -0.1) is 0 Å². The van der Waals surface area contributed by atoms with Gasteiger partial charge in [0, 0.05) is 9.89 Å². The summed E-state index contributed by atoms with van der Waals surface area (Å²) in [6, 6.07) is 18.3. The van der Waals surface area contributed by atoms with E-state index in [1.807, 2.05) is 42.5 Å². The molecule has 100 valence electrons.